The number of hydrazine groups is 2. The molecule has 0 saturated carbocycles. The standard InChI is InChI=1S/C24H30N4O4/c1-27(25)19-13-15-7-3-5-9-17(15)23(19)31-21(29)11-12-22(30)32-24-18-10-6-4-8-16(18)14-20(24)28(2)26/h3-10,19-20,23-24H,11-14,25-26H2,1-2H3/t19-,20-,23-,24-/m1/s1. The number of likely N-dealkylation sites (N-methyl/N-ethyl adjacent to an activating group) is 2. The molecule has 0 heterocycles. The number of benzene rings is 2. The van der Waals surface area contributed by atoms with Gasteiger partial charge in [-0.2, -0.15) is 0 Å². The third kappa shape index (κ3) is 4.54. The maximum absolute atomic E-state index is 12.6. The van der Waals surface area contributed by atoms with Crippen LogP contribution in [-0.2, 0) is 31.9 Å². The van der Waals surface area contributed by atoms with Gasteiger partial charge >= 0.3 is 11.9 Å². The van der Waals surface area contributed by atoms with Crippen LogP contribution < -0.4 is 11.7 Å². The van der Waals surface area contributed by atoms with Crippen LogP contribution >= 0.6 is 0 Å². The Morgan fingerprint density at radius 3 is 1.53 bits per heavy atom. The highest BCUT2D eigenvalue weighted by Gasteiger charge is 2.38. The van der Waals surface area contributed by atoms with Gasteiger partial charge in [0.2, 0.25) is 0 Å². The first-order valence-corrected chi connectivity index (χ1v) is 10.8. The van der Waals surface area contributed by atoms with Crippen molar-refractivity contribution in [2.24, 2.45) is 11.7 Å². The van der Waals surface area contributed by atoms with Gasteiger partial charge in [-0.15, -0.1) is 0 Å². The molecule has 0 amide bonds. The van der Waals surface area contributed by atoms with E-state index in [1.165, 1.54) is 0 Å². The molecule has 0 aromatic heterocycles. The molecule has 170 valence electrons. The van der Waals surface area contributed by atoms with Crippen molar-refractivity contribution < 1.29 is 19.1 Å². The molecule has 2 aliphatic carbocycles. The molecule has 0 fully saturated rings. The molecule has 2 aromatic rings. The molecule has 4 rings (SSSR count). The summed E-state index contributed by atoms with van der Waals surface area (Å²) < 4.78 is 11.5. The summed E-state index contributed by atoms with van der Waals surface area (Å²) in [5.74, 6) is 11.1. The van der Waals surface area contributed by atoms with Crippen LogP contribution in [0.4, 0.5) is 0 Å². The Kier molecular flexibility index (Phi) is 6.57. The number of ether oxygens (including phenoxy) is 2. The number of carbonyl (C=O) groups is 2. The highest BCUT2D eigenvalue weighted by atomic mass is 16.6. The molecule has 2 aliphatic rings. The van der Waals surface area contributed by atoms with E-state index in [0.717, 1.165) is 22.3 Å². The summed E-state index contributed by atoms with van der Waals surface area (Å²) in [5, 5.41) is 3.15. The maximum atomic E-state index is 12.6. The fourth-order valence-corrected chi connectivity index (χ4v) is 4.68. The lowest BCUT2D eigenvalue weighted by Gasteiger charge is -2.27. The van der Waals surface area contributed by atoms with Gasteiger partial charge in [0.05, 0.1) is 24.9 Å². The summed E-state index contributed by atoms with van der Waals surface area (Å²) in [5.41, 5.74) is 4.15. The highest BCUT2D eigenvalue weighted by Crippen LogP contribution is 2.37. The summed E-state index contributed by atoms with van der Waals surface area (Å²) in [7, 11) is 3.53. The van der Waals surface area contributed by atoms with Gasteiger partial charge < -0.3 is 9.47 Å². The molecule has 0 spiro atoms. The van der Waals surface area contributed by atoms with Crippen LogP contribution in [0.1, 0.15) is 47.3 Å². The Labute approximate surface area is 188 Å². The van der Waals surface area contributed by atoms with E-state index < -0.39 is 24.1 Å². The van der Waals surface area contributed by atoms with Crippen molar-refractivity contribution in [1.29, 1.82) is 0 Å². The van der Waals surface area contributed by atoms with Crippen molar-refractivity contribution in [2.45, 2.75) is 50.0 Å². The fourth-order valence-electron chi connectivity index (χ4n) is 4.68. The van der Waals surface area contributed by atoms with Crippen LogP contribution in [0.5, 0.6) is 0 Å². The average molecular weight is 439 g/mol. The van der Waals surface area contributed by atoms with Crippen molar-refractivity contribution >= 4 is 11.9 Å². The number of nitrogens with two attached hydrogens (primary N) is 2. The van der Waals surface area contributed by atoms with E-state index in [-0.39, 0.29) is 24.9 Å². The average Bonchev–Trinajstić information content (AvgIpc) is 3.32. The van der Waals surface area contributed by atoms with E-state index in [2.05, 4.69) is 0 Å². The number of hydrogen-bond acceptors (Lipinski definition) is 8. The van der Waals surface area contributed by atoms with E-state index in [0.29, 0.717) is 12.8 Å². The van der Waals surface area contributed by atoms with Crippen LogP contribution in [0.2, 0.25) is 0 Å². The Morgan fingerprint density at radius 1 is 0.781 bits per heavy atom. The molecule has 4 atom stereocenters. The van der Waals surface area contributed by atoms with Gasteiger partial charge in [0, 0.05) is 14.1 Å². The number of nitrogens with zero attached hydrogens (tertiary/aromatic N) is 2. The Hall–Kier alpha value is -2.78. The smallest absolute Gasteiger partial charge is 0.307 e. The molecular weight excluding hydrogens is 408 g/mol. The molecule has 8 heteroatoms. The van der Waals surface area contributed by atoms with Crippen LogP contribution in [0.25, 0.3) is 0 Å². The lowest BCUT2D eigenvalue weighted by atomic mass is 10.1. The van der Waals surface area contributed by atoms with Gasteiger partial charge in [0.1, 0.15) is 12.2 Å². The van der Waals surface area contributed by atoms with Gasteiger partial charge in [0.25, 0.3) is 0 Å². The molecule has 2 aromatic carbocycles. The highest BCUT2D eigenvalue weighted by molar-refractivity contribution is 5.78. The minimum atomic E-state index is -0.457. The van der Waals surface area contributed by atoms with Crippen molar-refractivity contribution in [3.63, 3.8) is 0 Å². The molecule has 32 heavy (non-hydrogen) atoms. The second kappa shape index (κ2) is 9.38. The van der Waals surface area contributed by atoms with Gasteiger partial charge in [-0.05, 0) is 35.1 Å². The van der Waals surface area contributed by atoms with E-state index in [1.807, 2.05) is 48.5 Å². The molecule has 4 N–H and O–H groups in total. The molecule has 0 bridgehead atoms. The Bertz CT molecular complexity index is 914. The monoisotopic (exact) mass is 438 g/mol. The number of esters is 2. The Balaban J connectivity index is 1.35. The van der Waals surface area contributed by atoms with Gasteiger partial charge in [-0.1, -0.05) is 48.5 Å². The zero-order chi connectivity index (χ0) is 22.8. The normalized spacial score (nSPS) is 23.8. The largest absolute Gasteiger partial charge is 0.456 e. The van der Waals surface area contributed by atoms with E-state index in [4.69, 9.17) is 21.2 Å². The molecule has 0 unspecified atom stereocenters. The quantitative estimate of drug-likeness (QED) is 0.382. The number of rotatable bonds is 7. The van der Waals surface area contributed by atoms with Crippen molar-refractivity contribution in [1.82, 2.24) is 10.0 Å². The zero-order valence-electron chi connectivity index (χ0n) is 18.4. The SMILES string of the molecule is CN(N)[C@@H]1Cc2ccccc2[C@H]1OC(=O)CCC(=O)O[C@@H]1c2ccccc2C[C@H]1N(C)N. The minimum absolute atomic E-state index is 0.0595. The van der Waals surface area contributed by atoms with Gasteiger partial charge in [-0.25, -0.2) is 10.0 Å². The molecule has 0 aliphatic heterocycles. The molecule has 8 nitrogen and oxygen atoms in total. The lowest BCUT2D eigenvalue weighted by Crippen LogP contribution is -2.41. The first-order valence-electron chi connectivity index (χ1n) is 10.8. The number of fused-ring (bicyclic) bond motifs is 2. The summed E-state index contributed by atoms with van der Waals surface area (Å²) in [6.07, 6.45) is 0.381. The number of carbonyl (C=O) groups excluding carboxylic acids is 2. The third-order valence-corrected chi connectivity index (χ3v) is 6.38. The third-order valence-electron chi connectivity index (χ3n) is 6.38. The summed E-state index contributed by atoms with van der Waals surface area (Å²) in [6, 6.07) is 15.4. The predicted molar refractivity (Wildman–Crippen MR) is 119 cm³/mol. The van der Waals surface area contributed by atoms with Crippen LogP contribution in [0.3, 0.4) is 0 Å². The second-order valence-electron chi connectivity index (χ2n) is 8.59. The van der Waals surface area contributed by atoms with Crippen LogP contribution in [0.15, 0.2) is 48.5 Å². The maximum Gasteiger partial charge on any atom is 0.307 e. The fraction of sp³-hybridized carbons (Fsp3) is 0.417. The van der Waals surface area contributed by atoms with Crippen molar-refractivity contribution in [3.8, 4) is 0 Å². The first kappa shape index (κ1) is 22.4. The summed E-state index contributed by atoms with van der Waals surface area (Å²) >= 11 is 0. The van der Waals surface area contributed by atoms with E-state index in [1.54, 1.807) is 24.1 Å². The Morgan fingerprint density at radius 2 is 1.16 bits per heavy atom. The number of hydrogen-bond donors (Lipinski definition) is 2. The zero-order valence-corrected chi connectivity index (χ0v) is 18.4. The van der Waals surface area contributed by atoms with Crippen molar-refractivity contribution in [3.05, 3.63) is 70.8 Å². The molecular formula is C24H30N4O4. The first-order chi connectivity index (χ1) is 15.3. The summed E-state index contributed by atoms with van der Waals surface area (Å²) in [4.78, 5) is 25.1. The van der Waals surface area contributed by atoms with Crippen LogP contribution in [-0.4, -0.2) is 48.1 Å². The van der Waals surface area contributed by atoms with E-state index in [9.17, 15) is 9.59 Å². The van der Waals surface area contributed by atoms with E-state index >= 15 is 0 Å². The van der Waals surface area contributed by atoms with Crippen molar-refractivity contribution in [2.75, 3.05) is 14.1 Å². The minimum Gasteiger partial charge on any atom is -0.456 e. The topological polar surface area (TPSA) is 111 Å². The molecule has 0 saturated heterocycles. The molecule has 0 radical (unpaired) electrons. The second-order valence-corrected chi connectivity index (χ2v) is 8.59. The summed E-state index contributed by atoms with van der Waals surface area (Å²) in [6.45, 7) is 0. The van der Waals surface area contributed by atoms with Crippen LogP contribution in [0, 0.1) is 0 Å². The predicted octanol–water partition coefficient (Wildman–Crippen LogP) is 1.80. The van der Waals surface area contributed by atoms with Gasteiger partial charge in [0.15, 0.2) is 0 Å². The lowest BCUT2D eigenvalue weighted by molar-refractivity contribution is -0.159. The van der Waals surface area contributed by atoms with Gasteiger partial charge in [-0.3, -0.25) is 21.3 Å².